The molecule has 2 N–H and O–H groups in total. The second kappa shape index (κ2) is 5.29. The minimum absolute atomic E-state index is 0.0221. The van der Waals surface area contributed by atoms with Gasteiger partial charge in [-0.05, 0) is 12.1 Å². The molecule has 4 aromatic rings. The van der Waals surface area contributed by atoms with Crippen molar-refractivity contribution in [3.8, 4) is 5.75 Å². The Bertz CT molecular complexity index is 1130. The highest BCUT2D eigenvalue weighted by atomic mass is 32.1. The van der Waals surface area contributed by atoms with Crippen LogP contribution in [0.5, 0.6) is 5.75 Å². The van der Waals surface area contributed by atoms with Crippen molar-refractivity contribution in [1.29, 1.82) is 0 Å². The van der Waals surface area contributed by atoms with E-state index < -0.39 is 0 Å². The van der Waals surface area contributed by atoms with Crippen LogP contribution in [0.25, 0.3) is 15.9 Å². The van der Waals surface area contributed by atoms with Crippen LogP contribution in [0.3, 0.4) is 0 Å². The van der Waals surface area contributed by atoms with E-state index in [1.807, 2.05) is 34.2 Å². The van der Waals surface area contributed by atoms with Crippen molar-refractivity contribution in [3.63, 3.8) is 0 Å². The van der Waals surface area contributed by atoms with Crippen LogP contribution >= 0.6 is 11.3 Å². The molecule has 0 fully saturated rings. The van der Waals surface area contributed by atoms with Gasteiger partial charge in [0.05, 0.1) is 29.5 Å². The monoisotopic (exact) mass is 350 g/mol. The number of carbonyl (C=O) groups is 1. The van der Waals surface area contributed by atoms with Crippen LogP contribution in [-0.4, -0.2) is 25.4 Å². The van der Waals surface area contributed by atoms with Crippen LogP contribution in [0, 0.1) is 0 Å². The molecule has 0 saturated carbocycles. The summed E-state index contributed by atoms with van der Waals surface area (Å²) in [5.74, 6) is -0.0797. The number of rotatable bonds is 1. The van der Waals surface area contributed by atoms with Crippen molar-refractivity contribution in [1.82, 2.24) is 19.7 Å². The van der Waals surface area contributed by atoms with Crippen LogP contribution in [0.4, 0.5) is 0 Å². The number of nitrogens with one attached hydrogen (secondary N) is 1. The maximum atomic E-state index is 12.2. The molecule has 1 amide bonds. The van der Waals surface area contributed by atoms with Gasteiger partial charge < -0.3 is 10.4 Å². The van der Waals surface area contributed by atoms with E-state index in [0.717, 1.165) is 27.4 Å². The van der Waals surface area contributed by atoms with Crippen molar-refractivity contribution < 1.29 is 9.90 Å². The van der Waals surface area contributed by atoms with Gasteiger partial charge in [0, 0.05) is 23.4 Å². The molecule has 0 radical (unpaired) electrons. The zero-order valence-corrected chi connectivity index (χ0v) is 14.0. The molecule has 1 aromatic carbocycles. The number of para-hydroxylation sites is 1. The molecule has 25 heavy (non-hydrogen) atoms. The van der Waals surface area contributed by atoms with E-state index in [0.29, 0.717) is 18.5 Å². The zero-order chi connectivity index (χ0) is 17.0. The van der Waals surface area contributed by atoms with E-state index in [4.69, 9.17) is 0 Å². The first-order valence-electron chi connectivity index (χ1n) is 8.00. The minimum atomic E-state index is -0.203. The lowest BCUT2D eigenvalue weighted by molar-refractivity contribution is -0.121. The lowest BCUT2D eigenvalue weighted by Crippen LogP contribution is -2.21. The summed E-state index contributed by atoms with van der Waals surface area (Å²) in [6.07, 6.45) is 2.29. The Balaban J connectivity index is 1.74. The molecule has 0 unspecified atom stereocenters. The lowest BCUT2D eigenvalue weighted by Gasteiger charge is -2.15. The number of amides is 1. The summed E-state index contributed by atoms with van der Waals surface area (Å²) in [5, 5.41) is 15.9. The predicted molar refractivity (Wildman–Crippen MR) is 94.8 cm³/mol. The third-order valence-corrected chi connectivity index (χ3v) is 5.38. The summed E-state index contributed by atoms with van der Waals surface area (Å²) < 4.78 is 2.04. The summed E-state index contributed by atoms with van der Waals surface area (Å²) >= 11 is 1.57. The molecule has 1 aliphatic rings. The van der Waals surface area contributed by atoms with Crippen molar-refractivity contribution in [2.75, 3.05) is 0 Å². The third kappa shape index (κ3) is 2.20. The molecule has 6 nitrogen and oxygen atoms in total. The van der Waals surface area contributed by atoms with Crippen molar-refractivity contribution >= 4 is 33.1 Å². The molecule has 124 valence electrons. The number of thiazole rings is 1. The van der Waals surface area contributed by atoms with Gasteiger partial charge >= 0.3 is 0 Å². The quantitative estimate of drug-likeness (QED) is 0.553. The first-order valence-corrected chi connectivity index (χ1v) is 8.88. The molecule has 1 atom stereocenters. The van der Waals surface area contributed by atoms with Gasteiger partial charge in [-0.1, -0.05) is 18.2 Å². The van der Waals surface area contributed by atoms with Crippen LogP contribution in [0.1, 0.15) is 29.4 Å². The van der Waals surface area contributed by atoms with E-state index in [-0.39, 0.29) is 17.6 Å². The van der Waals surface area contributed by atoms with Gasteiger partial charge in [0.1, 0.15) is 11.3 Å². The smallest absolute Gasteiger partial charge is 0.221 e. The van der Waals surface area contributed by atoms with E-state index in [1.165, 1.54) is 0 Å². The average Bonchev–Trinajstić information content (AvgIpc) is 3.15. The molecular formula is C18H14N4O2S. The molecule has 7 heteroatoms. The number of aromatic hydroxyl groups is 1. The van der Waals surface area contributed by atoms with Crippen molar-refractivity contribution in [2.45, 2.75) is 18.9 Å². The maximum Gasteiger partial charge on any atom is 0.221 e. The number of fused-ring (bicyclic) bond motifs is 4. The van der Waals surface area contributed by atoms with Crippen LogP contribution in [-0.2, 0) is 11.3 Å². The van der Waals surface area contributed by atoms with Gasteiger partial charge in [-0.25, -0.2) is 9.97 Å². The Hall–Kier alpha value is -2.93. The number of hydrogen-bond donors (Lipinski definition) is 2. The zero-order valence-electron chi connectivity index (χ0n) is 13.1. The Kier molecular flexibility index (Phi) is 3.05. The number of phenols is 1. The number of nitrogens with zero attached hydrogens (tertiary/aromatic N) is 3. The first-order chi connectivity index (χ1) is 12.2. The average molecular weight is 350 g/mol. The summed E-state index contributed by atoms with van der Waals surface area (Å²) in [4.78, 5) is 22.5. The molecule has 5 rings (SSSR count). The van der Waals surface area contributed by atoms with Gasteiger partial charge in [-0.2, -0.15) is 0 Å². The molecule has 0 bridgehead atoms. The lowest BCUT2D eigenvalue weighted by atomic mass is 9.95. The first kappa shape index (κ1) is 14.4. The Labute approximate surface area is 146 Å². The molecule has 1 aliphatic heterocycles. The molecular weight excluding hydrogens is 336 g/mol. The highest BCUT2D eigenvalue weighted by Crippen LogP contribution is 2.35. The van der Waals surface area contributed by atoms with Gasteiger partial charge in [-0.3, -0.25) is 9.20 Å². The van der Waals surface area contributed by atoms with Crippen molar-refractivity contribution in [3.05, 3.63) is 59.0 Å². The molecule has 3 aromatic heterocycles. The number of imidazole rings is 1. The molecule has 0 spiro atoms. The second-order valence-corrected chi connectivity index (χ2v) is 6.99. The van der Waals surface area contributed by atoms with Gasteiger partial charge in [0.15, 0.2) is 4.96 Å². The summed E-state index contributed by atoms with van der Waals surface area (Å²) in [6.45, 7) is 0.428. The number of pyridine rings is 1. The largest absolute Gasteiger partial charge is 0.506 e. The van der Waals surface area contributed by atoms with Gasteiger partial charge in [0.2, 0.25) is 5.91 Å². The molecule has 0 aliphatic carbocycles. The number of aromatic nitrogens is 3. The van der Waals surface area contributed by atoms with Crippen LogP contribution in [0.15, 0.2) is 41.9 Å². The van der Waals surface area contributed by atoms with E-state index in [1.54, 1.807) is 23.5 Å². The summed E-state index contributed by atoms with van der Waals surface area (Å²) in [5.41, 5.74) is 3.19. The van der Waals surface area contributed by atoms with Crippen molar-refractivity contribution in [2.24, 2.45) is 0 Å². The minimum Gasteiger partial charge on any atom is -0.506 e. The van der Waals surface area contributed by atoms with Gasteiger partial charge in [-0.15, -0.1) is 11.3 Å². The maximum absolute atomic E-state index is 12.2. The normalized spacial score (nSPS) is 17.4. The number of carbonyl (C=O) groups excluding carboxylic acids is 1. The Morgan fingerprint density at radius 1 is 1.24 bits per heavy atom. The third-order valence-electron chi connectivity index (χ3n) is 4.63. The number of hydrogen-bond acceptors (Lipinski definition) is 5. The number of benzene rings is 1. The molecule has 4 heterocycles. The SMILES string of the molecule is O=C1C[C@H](c2ccc3cccc(O)c3n2)c2c(nc3sccn23)CN1. The topological polar surface area (TPSA) is 79.5 Å². The highest BCUT2D eigenvalue weighted by molar-refractivity contribution is 7.15. The molecule has 0 saturated heterocycles. The Morgan fingerprint density at radius 2 is 2.16 bits per heavy atom. The van der Waals surface area contributed by atoms with Gasteiger partial charge in [0.25, 0.3) is 0 Å². The fraction of sp³-hybridized carbons (Fsp3) is 0.167. The van der Waals surface area contributed by atoms with Crippen LogP contribution in [0.2, 0.25) is 0 Å². The predicted octanol–water partition coefficient (Wildman–Crippen LogP) is 2.80. The summed E-state index contributed by atoms with van der Waals surface area (Å²) in [7, 11) is 0. The fourth-order valence-corrected chi connectivity index (χ4v) is 4.21. The highest BCUT2D eigenvalue weighted by Gasteiger charge is 2.30. The second-order valence-electron chi connectivity index (χ2n) is 6.12. The Morgan fingerprint density at radius 3 is 3.08 bits per heavy atom. The van der Waals surface area contributed by atoms with E-state index in [2.05, 4.69) is 15.3 Å². The summed E-state index contributed by atoms with van der Waals surface area (Å²) in [6, 6.07) is 9.20. The standard InChI is InChI=1S/C18H14N4O2S/c23-14-3-1-2-10-4-5-12(20-16(10)14)11-8-15(24)19-9-13-17(11)22-6-7-25-18(22)21-13/h1-7,11,23H,8-9H2,(H,19,24)/t11-/m1/s1. The number of phenolic OH excluding ortho intramolecular Hbond substituents is 1. The van der Waals surface area contributed by atoms with E-state index >= 15 is 0 Å². The van der Waals surface area contributed by atoms with Crippen LogP contribution < -0.4 is 5.32 Å². The van der Waals surface area contributed by atoms with E-state index in [9.17, 15) is 9.90 Å². The fourth-order valence-electron chi connectivity index (χ4n) is 3.47.